The second kappa shape index (κ2) is 11.3. The summed E-state index contributed by atoms with van der Waals surface area (Å²) in [5.74, 6) is -7.09. The van der Waals surface area contributed by atoms with Crippen LogP contribution >= 0.6 is 0 Å². The molecule has 0 bridgehead atoms. The van der Waals surface area contributed by atoms with Gasteiger partial charge in [-0.25, -0.2) is 4.39 Å². The maximum absolute atomic E-state index is 14.5. The molecule has 2 aliphatic rings. The highest BCUT2D eigenvalue weighted by Crippen LogP contribution is 2.55. The van der Waals surface area contributed by atoms with Gasteiger partial charge in [0.2, 0.25) is 5.82 Å². The van der Waals surface area contributed by atoms with E-state index in [9.17, 15) is 31.5 Å². The lowest BCUT2D eigenvalue weighted by atomic mass is 9.77. The van der Waals surface area contributed by atoms with E-state index < -0.39 is 58.9 Å². The molecule has 0 spiro atoms. The van der Waals surface area contributed by atoms with Crippen molar-refractivity contribution in [3.63, 3.8) is 0 Å². The van der Waals surface area contributed by atoms with Crippen LogP contribution in [0, 0.1) is 23.5 Å². The highest BCUT2D eigenvalue weighted by atomic mass is 19.4. The summed E-state index contributed by atoms with van der Waals surface area (Å²) in [5, 5.41) is 8.59. The van der Waals surface area contributed by atoms with Gasteiger partial charge in [0, 0.05) is 41.9 Å². The zero-order chi connectivity index (χ0) is 29.4. The summed E-state index contributed by atoms with van der Waals surface area (Å²) in [6, 6.07) is 4.39. The summed E-state index contributed by atoms with van der Waals surface area (Å²) in [4.78, 5) is 30.2. The Morgan fingerprint density at radius 3 is 2.55 bits per heavy atom. The van der Waals surface area contributed by atoms with Gasteiger partial charge in [0.15, 0.2) is 17.2 Å². The van der Waals surface area contributed by atoms with Crippen LogP contribution in [0.5, 0.6) is 5.75 Å². The van der Waals surface area contributed by atoms with Crippen molar-refractivity contribution in [2.75, 3.05) is 25.5 Å². The number of anilines is 1. The number of aromatic nitrogens is 1. The normalized spacial score (nSPS) is 28.7. The molecule has 1 aromatic heterocycles. The number of rotatable bonds is 6. The molecule has 2 fully saturated rings. The highest BCUT2D eigenvalue weighted by molar-refractivity contribution is 5.98. The fourth-order valence-electron chi connectivity index (χ4n) is 5.41. The third kappa shape index (κ3) is 5.62. The van der Waals surface area contributed by atoms with Gasteiger partial charge in [0.25, 0.3) is 11.8 Å². The predicted molar refractivity (Wildman–Crippen MR) is 135 cm³/mol. The molecule has 218 valence electrons. The van der Waals surface area contributed by atoms with Crippen LogP contribution in [0.25, 0.3) is 0 Å². The van der Waals surface area contributed by atoms with Crippen molar-refractivity contribution in [1.29, 1.82) is 0 Å². The minimum Gasteiger partial charge on any atom is -0.493 e. The van der Waals surface area contributed by atoms with E-state index in [1.807, 2.05) is 0 Å². The summed E-state index contributed by atoms with van der Waals surface area (Å²) in [6.07, 6.45) is -4.60. The summed E-state index contributed by atoms with van der Waals surface area (Å²) in [7, 11) is 1.05. The predicted octanol–water partition coefficient (Wildman–Crippen LogP) is 4.17. The topological polar surface area (TPSA) is 102 Å². The number of benzene rings is 1. The van der Waals surface area contributed by atoms with Crippen LogP contribution in [0.1, 0.15) is 49.2 Å². The number of amides is 2. The molecule has 6 atom stereocenters. The smallest absolute Gasteiger partial charge is 0.417 e. The average Bonchev–Trinajstić information content (AvgIpc) is 3.17. The van der Waals surface area contributed by atoms with Crippen LogP contribution in [0.4, 0.5) is 27.6 Å². The molecule has 0 radical (unpaired) electrons. The van der Waals surface area contributed by atoms with Gasteiger partial charge in [-0.2, -0.15) is 17.6 Å². The van der Waals surface area contributed by atoms with Gasteiger partial charge in [-0.05, 0) is 44.0 Å². The van der Waals surface area contributed by atoms with Crippen LogP contribution in [0.2, 0.25) is 0 Å². The molecule has 8 nitrogen and oxygen atoms in total. The first kappa shape index (κ1) is 29.7. The number of piperidine rings is 1. The largest absolute Gasteiger partial charge is 0.493 e. The summed E-state index contributed by atoms with van der Waals surface area (Å²) in [6.45, 7) is 5.52. The maximum Gasteiger partial charge on any atom is 0.417 e. The van der Waals surface area contributed by atoms with Crippen molar-refractivity contribution < 1.29 is 41.0 Å². The molecule has 0 aliphatic carbocycles. The van der Waals surface area contributed by atoms with Crippen molar-refractivity contribution in [3.05, 3.63) is 53.4 Å². The number of hydrogen-bond donors (Lipinski definition) is 3. The number of nitrogens with zero attached hydrogens (tertiary/aromatic N) is 1. The van der Waals surface area contributed by atoms with Gasteiger partial charge in [0.05, 0.1) is 7.11 Å². The molecule has 2 aliphatic heterocycles. The van der Waals surface area contributed by atoms with E-state index in [0.29, 0.717) is 12.5 Å². The third-order valence-electron chi connectivity index (χ3n) is 7.74. The van der Waals surface area contributed by atoms with Crippen LogP contribution in [-0.4, -0.2) is 60.9 Å². The van der Waals surface area contributed by atoms with E-state index >= 15 is 0 Å². The minimum absolute atomic E-state index is 0.00399. The molecular formula is C27H31F5N4O4. The van der Waals surface area contributed by atoms with Crippen molar-refractivity contribution in [3.8, 4) is 5.75 Å². The third-order valence-corrected chi connectivity index (χ3v) is 7.74. The number of nitrogens with one attached hydrogen (secondary N) is 3. The number of alkyl halides is 3. The monoisotopic (exact) mass is 570 g/mol. The maximum atomic E-state index is 14.5. The molecule has 2 amide bonds. The first-order chi connectivity index (χ1) is 18.8. The van der Waals surface area contributed by atoms with Gasteiger partial charge in [-0.1, -0.05) is 19.9 Å². The summed E-state index contributed by atoms with van der Waals surface area (Å²) in [5.41, 5.74) is -2.85. The van der Waals surface area contributed by atoms with E-state index in [1.165, 1.54) is 25.3 Å². The quantitative estimate of drug-likeness (QED) is 0.451. The summed E-state index contributed by atoms with van der Waals surface area (Å²) < 4.78 is 81.3. The lowest BCUT2D eigenvalue weighted by Gasteiger charge is -2.32. The Kier molecular flexibility index (Phi) is 8.36. The van der Waals surface area contributed by atoms with Gasteiger partial charge >= 0.3 is 6.18 Å². The van der Waals surface area contributed by atoms with Gasteiger partial charge in [-0.3, -0.25) is 14.6 Å². The first-order valence-electron chi connectivity index (χ1n) is 12.8. The molecule has 4 rings (SSSR count). The molecular weight excluding hydrogens is 539 g/mol. The second-order valence-electron chi connectivity index (χ2n) is 10.5. The average molecular weight is 571 g/mol. The molecule has 0 saturated carbocycles. The van der Waals surface area contributed by atoms with Gasteiger partial charge in [-0.15, -0.1) is 0 Å². The van der Waals surface area contributed by atoms with E-state index in [2.05, 4.69) is 27.9 Å². The molecule has 1 aromatic carbocycles. The van der Waals surface area contributed by atoms with Crippen LogP contribution in [0.3, 0.4) is 0 Å². The lowest BCUT2D eigenvalue weighted by Crippen LogP contribution is -2.48. The van der Waals surface area contributed by atoms with E-state index in [-0.39, 0.29) is 23.0 Å². The second-order valence-corrected chi connectivity index (χ2v) is 10.5. The number of hydrogen-bond acceptors (Lipinski definition) is 6. The fourth-order valence-corrected chi connectivity index (χ4v) is 5.41. The molecule has 2 saturated heterocycles. The molecule has 2 aromatic rings. The van der Waals surface area contributed by atoms with E-state index in [0.717, 1.165) is 39.1 Å². The van der Waals surface area contributed by atoms with Gasteiger partial charge in [0.1, 0.15) is 11.8 Å². The zero-order valence-electron chi connectivity index (χ0n) is 22.4. The fraction of sp³-hybridized carbons (Fsp3) is 0.519. The highest BCUT2D eigenvalue weighted by Gasteiger charge is 2.66. The molecule has 3 heterocycles. The Labute approximate surface area is 228 Å². The molecule has 13 heteroatoms. The standard InChI is InChI=1S/C27H31F5N4O4/c1-13-9-16(12-33-11-13)36-24(37)19-10-15(7-8-34-19)35-25(38)23-20(14(2)26(3,40-23)27(30,31)32)17-5-6-18(28)21(29)22(17)39-4/h5-8,10,13-14,16,20,23,33H,9,11-12H2,1-4H3,(H,36,37)(H,34,35,38)/t13-,14+,16+,20+,23-,26-/m1/s1. The Bertz CT molecular complexity index is 1280. The van der Waals surface area contributed by atoms with Crippen LogP contribution in [0.15, 0.2) is 30.5 Å². The van der Waals surface area contributed by atoms with Crippen LogP contribution in [-0.2, 0) is 9.53 Å². The number of ether oxygens (including phenoxy) is 2. The number of pyridine rings is 1. The van der Waals surface area contributed by atoms with Crippen molar-refractivity contribution in [2.24, 2.45) is 11.8 Å². The molecule has 3 N–H and O–H groups in total. The Morgan fingerprint density at radius 2 is 1.90 bits per heavy atom. The lowest BCUT2D eigenvalue weighted by molar-refractivity contribution is -0.272. The van der Waals surface area contributed by atoms with Crippen molar-refractivity contribution in [1.82, 2.24) is 15.6 Å². The number of carbonyl (C=O) groups is 2. The number of methoxy groups -OCH3 is 1. The first-order valence-corrected chi connectivity index (χ1v) is 12.8. The Balaban J connectivity index is 1.61. The van der Waals surface area contributed by atoms with Crippen LogP contribution < -0.4 is 20.7 Å². The molecule has 40 heavy (non-hydrogen) atoms. The van der Waals surface area contributed by atoms with E-state index in [4.69, 9.17) is 9.47 Å². The van der Waals surface area contributed by atoms with Gasteiger partial charge < -0.3 is 25.4 Å². The molecule has 0 unspecified atom stereocenters. The van der Waals surface area contributed by atoms with Crippen molar-refractivity contribution >= 4 is 17.5 Å². The zero-order valence-corrected chi connectivity index (χ0v) is 22.4. The Hall–Kier alpha value is -3.32. The Morgan fingerprint density at radius 1 is 1.18 bits per heavy atom. The van der Waals surface area contributed by atoms with Crippen molar-refractivity contribution in [2.45, 2.75) is 57.0 Å². The SMILES string of the molecule is COc1c([C@H]2[C@H](C(=O)Nc3ccnc(C(=O)N[C@@H]4CNC[C@H](C)C4)c3)O[C@@](C)(C(F)(F)F)[C@H]2C)ccc(F)c1F. The summed E-state index contributed by atoms with van der Waals surface area (Å²) >= 11 is 0. The number of carbonyl (C=O) groups excluding carboxylic acids is 2. The van der Waals surface area contributed by atoms with E-state index in [1.54, 1.807) is 0 Å². The minimum atomic E-state index is -4.89. The number of halogens is 5.